The molecule has 0 bridgehead atoms. The van der Waals surface area contributed by atoms with Crippen LogP contribution in [-0.4, -0.2) is 59.5 Å². The first-order valence-electron chi connectivity index (χ1n) is 9.47. The molecule has 0 aliphatic carbocycles. The summed E-state index contributed by atoms with van der Waals surface area (Å²) in [5.41, 5.74) is 0.887. The van der Waals surface area contributed by atoms with Gasteiger partial charge >= 0.3 is 0 Å². The van der Waals surface area contributed by atoms with Gasteiger partial charge in [0.25, 0.3) is 10.7 Å². The maximum atomic E-state index is 15.3. The summed E-state index contributed by atoms with van der Waals surface area (Å²) in [6, 6.07) is 1.26. The second-order valence-electron chi connectivity index (χ2n) is 7.58. The minimum absolute atomic E-state index is 0.0444. The summed E-state index contributed by atoms with van der Waals surface area (Å²) in [5.74, 6) is 0.0546. The third-order valence-corrected chi connectivity index (χ3v) is 5.80. The second kappa shape index (κ2) is 6.67. The van der Waals surface area contributed by atoms with E-state index in [1.165, 1.54) is 6.07 Å². The van der Waals surface area contributed by atoms with Crippen LogP contribution in [0.1, 0.15) is 13.0 Å². The molecule has 1 N–H and O–H groups in total. The Balaban J connectivity index is 1.78. The first-order valence-corrected chi connectivity index (χ1v) is 9.88. The van der Waals surface area contributed by atoms with E-state index in [1.54, 1.807) is 6.20 Å². The molecule has 8 nitrogen and oxygen atoms in total. The highest BCUT2D eigenvalue weighted by Crippen LogP contribution is 2.42. The average molecular weight is 417 g/mol. The number of rotatable bonds is 2. The number of aromatic nitrogens is 3. The lowest BCUT2D eigenvalue weighted by Gasteiger charge is -2.37. The molecule has 0 saturated carbocycles. The molecule has 1 atom stereocenters. The second-order valence-corrected chi connectivity index (χ2v) is 7.95. The van der Waals surface area contributed by atoms with E-state index in [9.17, 15) is 4.79 Å². The Morgan fingerprint density at radius 3 is 2.76 bits per heavy atom. The Morgan fingerprint density at radius 1 is 1.31 bits per heavy atom. The maximum Gasteiger partial charge on any atom is 0.284 e. The van der Waals surface area contributed by atoms with Crippen LogP contribution in [0.5, 0.6) is 5.75 Å². The molecular formula is C19H20FN5O3S. The number of nitrogens with zero attached hydrogens (tertiary/aromatic N) is 4. The zero-order valence-electron chi connectivity index (χ0n) is 16.1. The fourth-order valence-corrected chi connectivity index (χ4v) is 4.16. The van der Waals surface area contributed by atoms with Crippen LogP contribution in [-0.2, 0) is 0 Å². The molecule has 0 unspecified atom stereocenters. The van der Waals surface area contributed by atoms with Gasteiger partial charge in [-0.1, -0.05) is 0 Å². The van der Waals surface area contributed by atoms with Crippen molar-refractivity contribution in [1.29, 1.82) is 0 Å². The van der Waals surface area contributed by atoms with Crippen LogP contribution in [0.2, 0.25) is 0 Å². The Labute approximate surface area is 170 Å². The maximum absolute atomic E-state index is 15.3. The number of pyridine rings is 1. The molecule has 0 amide bonds. The highest BCUT2D eigenvalue weighted by Gasteiger charge is 2.30. The molecule has 5 rings (SSSR count). The fourth-order valence-electron chi connectivity index (χ4n) is 4.03. The van der Waals surface area contributed by atoms with E-state index in [-0.39, 0.29) is 33.1 Å². The first-order chi connectivity index (χ1) is 13.9. The first kappa shape index (κ1) is 18.3. The lowest BCUT2D eigenvalue weighted by molar-refractivity contribution is 0.245. The molecule has 29 heavy (non-hydrogen) atoms. The minimum atomic E-state index is -0.463. The zero-order chi connectivity index (χ0) is 20.3. The Kier molecular flexibility index (Phi) is 4.21. The van der Waals surface area contributed by atoms with Gasteiger partial charge in [0.15, 0.2) is 11.6 Å². The monoisotopic (exact) mass is 417 g/mol. The van der Waals surface area contributed by atoms with E-state index in [2.05, 4.69) is 15.1 Å². The van der Waals surface area contributed by atoms with Crippen molar-refractivity contribution in [3.8, 4) is 17.2 Å². The van der Waals surface area contributed by atoms with E-state index >= 15 is 4.39 Å². The van der Waals surface area contributed by atoms with Crippen molar-refractivity contribution in [3.05, 3.63) is 33.1 Å². The van der Waals surface area contributed by atoms with Crippen LogP contribution in [0, 0.1) is 10.7 Å². The molecule has 0 spiro atoms. The molecule has 1 aromatic carbocycles. The van der Waals surface area contributed by atoms with Gasteiger partial charge in [-0.2, -0.15) is 0 Å². The summed E-state index contributed by atoms with van der Waals surface area (Å²) in [4.78, 5) is 17.4. The number of hydrogen-bond acceptors (Lipinski definition) is 7. The number of anilines is 1. The average Bonchev–Trinajstić information content (AvgIpc) is 3.13. The van der Waals surface area contributed by atoms with Crippen molar-refractivity contribution in [2.45, 2.75) is 13.0 Å². The van der Waals surface area contributed by atoms with Crippen molar-refractivity contribution in [2.24, 2.45) is 0 Å². The number of piperazine rings is 1. The van der Waals surface area contributed by atoms with Crippen molar-refractivity contribution in [2.75, 3.05) is 44.7 Å². The number of ether oxygens (including phenoxy) is 1. The molecule has 2 aliphatic heterocycles. The van der Waals surface area contributed by atoms with Crippen molar-refractivity contribution in [3.63, 3.8) is 0 Å². The normalized spacial score (nSPS) is 19.6. The van der Waals surface area contributed by atoms with Gasteiger partial charge in [0, 0.05) is 32.4 Å². The van der Waals surface area contributed by atoms with Crippen molar-refractivity contribution >= 4 is 28.8 Å². The Hall–Kier alpha value is -2.72. The predicted molar refractivity (Wildman–Crippen MR) is 109 cm³/mol. The predicted octanol–water partition coefficient (Wildman–Crippen LogP) is 2.56. The summed E-state index contributed by atoms with van der Waals surface area (Å²) < 4.78 is 28.5. The van der Waals surface area contributed by atoms with Gasteiger partial charge in [-0.15, -0.1) is 5.10 Å². The van der Waals surface area contributed by atoms with Gasteiger partial charge in [0.2, 0.25) is 5.43 Å². The number of aromatic amines is 1. The molecule has 1 fully saturated rings. The lowest BCUT2D eigenvalue weighted by Crippen LogP contribution is -2.45. The number of hydrogen-bond donors (Lipinski definition) is 1. The molecule has 10 heteroatoms. The van der Waals surface area contributed by atoms with Crippen LogP contribution in [0.3, 0.4) is 0 Å². The minimum Gasteiger partial charge on any atom is -0.487 e. The number of likely N-dealkylation sites (N-methyl/N-ethyl adjacent to an activating group) is 1. The standard InChI is InChI=1S/C19H20FN5O3S/c1-10-9-27-17-14-11(7-13(20)15(17)24-5-3-23(2)4-6-24)16(26)12(8-25(10)14)18-21-22-19(29)28-18/h7-8,10H,3-6,9H2,1-2H3,(H,22,29)/t10-/m0/s1. The SMILES string of the molecule is C[C@H]1COc2c(N3CCN(C)CC3)c(F)cc3c(=O)c(-c4n[nH]c(=S)o4)cn1c23. The van der Waals surface area contributed by atoms with E-state index < -0.39 is 5.82 Å². The lowest BCUT2D eigenvalue weighted by atomic mass is 10.1. The Bertz CT molecular complexity index is 1230. The molecule has 4 heterocycles. The highest BCUT2D eigenvalue weighted by atomic mass is 32.1. The van der Waals surface area contributed by atoms with E-state index in [0.717, 1.165) is 13.1 Å². The number of benzene rings is 1. The van der Waals surface area contributed by atoms with Crippen LogP contribution in [0.15, 0.2) is 21.5 Å². The smallest absolute Gasteiger partial charge is 0.284 e. The molecule has 152 valence electrons. The number of nitrogens with one attached hydrogen (secondary N) is 1. The third kappa shape index (κ3) is 2.85. The van der Waals surface area contributed by atoms with E-state index in [1.807, 2.05) is 23.4 Å². The van der Waals surface area contributed by atoms with E-state index in [0.29, 0.717) is 36.6 Å². The van der Waals surface area contributed by atoms with Gasteiger partial charge in [-0.3, -0.25) is 4.79 Å². The molecular weight excluding hydrogens is 397 g/mol. The van der Waals surface area contributed by atoms with Gasteiger partial charge in [-0.05, 0) is 32.3 Å². The van der Waals surface area contributed by atoms with Crippen LogP contribution >= 0.6 is 12.2 Å². The van der Waals surface area contributed by atoms with Gasteiger partial charge < -0.3 is 23.5 Å². The quantitative estimate of drug-likeness (QED) is 0.642. The van der Waals surface area contributed by atoms with Crippen molar-refractivity contribution in [1.82, 2.24) is 19.7 Å². The third-order valence-electron chi connectivity index (χ3n) is 5.63. The zero-order valence-corrected chi connectivity index (χ0v) is 16.9. The van der Waals surface area contributed by atoms with Gasteiger partial charge in [-0.25, -0.2) is 9.49 Å². The van der Waals surface area contributed by atoms with E-state index in [4.69, 9.17) is 21.4 Å². The van der Waals surface area contributed by atoms with Crippen molar-refractivity contribution < 1.29 is 13.5 Å². The van der Waals surface area contributed by atoms with Crippen LogP contribution in [0.25, 0.3) is 22.4 Å². The van der Waals surface area contributed by atoms with Crippen LogP contribution < -0.4 is 15.1 Å². The molecule has 2 aliphatic rings. The molecule has 1 saturated heterocycles. The fraction of sp³-hybridized carbons (Fsp3) is 0.421. The molecule has 0 radical (unpaired) electrons. The molecule has 2 aromatic heterocycles. The van der Waals surface area contributed by atoms with Gasteiger partial charge in [0.05, 0.1) is 16.9 Å². The largest absolute Gasteiger partial charge is 0.487 e. The summed E-state index contributed by atoms with van der Waals surface area (Å²) in [7, 11) is 2.05. The van der Waals surface area contributed by atoms with Crippen LogP contribution in [0.4, 0.5) is 10.1 Å². The topological polar surface area (TPSA) is 79.5 Å². The summed E-state index contributed by atoms with van der Waals surface area (Å²) in [6.45, 7) is 5.42. The summed E-state index contributed by atoms with van der Waals surface area (Å²) in [5, 5.41) is 6.73. The highest BCUT2D eigenvalue weighted by molar-refractivity contribution is 7.71. The number of halogens is 1. The van der Waals surface area contributed by atoms with Gasteiger partial charge in [0.1, 0.15) is 17.9 Å². The summed E-state index contributed by atoms with van der Waals surface area (Å²) in [6.07, 6.45) is 1.70. The summed E-state index contributed by atoms with van der Waals surface area (Å²) >= 11 is 4.92. The number of H-pyrrole nitrogens is 1. The Morgan fingerprint density at radius 2 is 2.07 bits per heavy atom. The molecule has 3 aromatic rings.